The number of nitrogens with one attached hydrogen (secondary N) is 1. The zero-order valence-corrected chi connectivity index (χ0v) is 13.5. The van der Waals surface area contributed by atoms with Gasteiger partial charge in [0.25, 0.3) is 0 Å². The average Bonchev–Trinajstić information content (AvgIpc) is 2.23. The predicted molar refractivity (Wildman–Crippen MR) is 79.6 cm³/mol. The van der Waals surface area contributed by atoms with Gasteiger partial charge in [-0.1, -0.05) is 13.0 Å². The Morgan fingerprint density at radius 3 is 2.06 bits per heavy atom. The number of rotatable bonds is 7. The van der Waals surface area contributed by atoms with E-state index in [0.29, 0.717) is 6.42 Å². The zero-order valence-electron chi connectivity index (χ0n) is 12.7. The van der Waals surface area contributed by atoms with Crippen LogP contribution in [0.25, 0.3) is 0 Å². The van der Waals surface area contributed by atoms with E-state index in [1.807, 2.05) is 6.08 Å². The van der Waals surface area contributed by atoms with Crippen LogP contribution < -0.4 is 5.32 Å². The molecule has 4 heteroatoms. The van der Waals surface area contributed by atoms with Crippen LogP contribution in [0.3, 0.4) is 0 Å². The van der Waals surface area contributed by atoms with Crippen LogP contribution in [0.2, 0.25) is 0 Å². The van der Waals surface area contributed by atoms with Gasteiger partial charge in [0.05, 0.1) is 11.0 Å². The fraction of sp³-hybridized carbons (Fsp3) is 0.857. The standard InChI is InChI=1S/C14H29NO2S/c1-8-14(7,11-15-13(4,5)6)9-10-18(16,17)12(2)3/h8,12,15H,1,9-11H2,2-7H3. The Labute approximate surface area is 113 Å². The molecule has 1 atom stereocenters. The zero-order chi connectivity index (χ0) is 14.6. The minimum atomic E-state index is -2.97. The molecule has 0 aromatic carbocycles. The first-order chi connectivity index (χ1) is 7.92. The molecule has 0 spiro atoms. The maximum Gasteiger partial charge on any atom is 0.152 e. The van der Waals surface area contributed by atoms with Gasteiger partial charge in [-0.3, -0.25) is 0 Å². The fourth-order valence-corrected chi connectivity index (χ4v) is 2.56. The van der Waals surface area contributed by atoms with Crippen molar-refractivity contribution in [3.63, 3.8) is 0 Å². The van der Waals surface area contributed by atoms with Crippen molar-refractivity contribution in [3.8, 4) is 0 Å². The molecule has 0 bridgehead atoms. The molecule has 0 amide bonds. The maximum atomic E-state index is 11.8. The van der Waals surface area contributed by atoms with Crippen LogP contribution in [0, 0.1) is 5.41 Å². The summed E-state index contributed by atoms with van der Waals surface area (Å²) >= 11 is 0. The van der Waals surface area contributed by atoms with Crippen molar-refractivity contribution in [2.24, 2.45) is 5.41 Å². The van der Waals surface area contributed by atoms with Crippen LogP contribution in [0.4, 0.5) is 0 Å². The molecule has 0 saturated carbocycles. The SMILES string of the molecule is C=CC(C)(CCS(=O)(=O)C(C)C)CNC(C)(C)C. The molecular weight excluding hydrogens is 246 g/mol. The second kappa shape index (κ2) is 6.20. The number of sulfone groups is 1. The molecule has 0 saturated heterocycles. The van der Waals surface area contributed by atoms with Gasteiger partial charge in [-0.2, -0.15) is 0 Å². The van der Waals surface area contributed by atoms with E-state index in [2.05, 4.69) is 39.6 Å². The van der Waals surface area contributed by atoms with Crippen LogP contribution in [0.15, 0.2) is 12.7 Å². The second-order valence-corrected chi connectivity index (χ2v) is 9.30. The Hall–Kier alpha value is -0.350. The van der Waals surface area contributed by atoms with Gasteiger partial charge in [-0.05, 0) is 46.5 Å². The van der Waals surface area contributed by atoms with E-state index in [9.17, 15) is 8.42 Å². The van der Waals surface area contributed by atoms with Crippen molar-refractivity contribution < 1.29 is 8.42 Å². The quantitative estimate of drug-likeness (QED) is 0.727. The monoisotopic (exact) mass is 275 g/mol. The van der Waals surface area contributed by atoms with Crippen molar-refractivity contribution in [1.82, 2.24) is 5.32 Å². The Kier molecular flexibility index (Phi) is 6.08. The lowest BCUT2D eigenvalue weighted by Gasteiger charge is -2.31. The molecule has 0 radical (unpaired) electrons. The molecule has 0 aliphatic heterocycles. The molecule has 0 aliphatic rings. The highest BCUT2D eigenvalue weighted by atomic mass is 32.2. The van der Waals surface area contributed by atoms with Gasteiger partial charge in [0.2, 0.25) is 0 Å². The van der Waals surface area contributed by atoms with Gasteiger partial charge in [-0.25, -0.2) is 8.42 Å². The minimum absolute atomic E-state index is 0.0290. The molecule has 1 unspecified atom stereocenters. The normalized spacial score (nSPS) is 16.6. The minimum Gasteiger partial charge on any atom is -0.311 e. The molecule has 0 rings (SSSR count). The third-order valence-electron chi connectivity index (χ3n) is 3.19. The summed E-state index contributed by atoms with van der Waals surface area (Å²) in [5, 5.41) is 3.11. The Morgan fingerprint density at radius 1 is 1.22 bits per heavy atom. The van der Waals surface area contributed by atoms with E-state index < -0.39 is 9.84 Å². The van der Waals surface area contributed by atoms with E-state index >= 15 is 0 Å². The van der Waals surface area contributed by atoms with Gasteiger partial charge in [0.1, 0.15) is 0 Å². The molecule has 108 valence electrons. The van der Waals surface area contributed by atoms with Crippen molar-refractivity contribution in [3.05, 3.63) is 12.7 Å². The number of hydrogen-bond donors (Lipinski definition) is 1. The molecular formula is C14H29NO2S. The molecule has 1 N–H and O–H groups in total. The second-order valence-electron chi connectivity index (χ2n) is 6.63. The molecule has 0 aromatic heterocycles. The third kappa shape index (κ3) is 6.55. The first kappa shape index (κ1) is 17.6. The maximum absolute atomic E-state index is 11.8. The first-order valence-electron chi connectivity index (χ1n) is 6.52. The topological polar surface area (TPSA) is 46.2 Å². The molecule has 0 aromatic rings. The van der Waals surface area contributed by atoms with E-state index in [4.69, 9.17) is 0 Å². The molecule has 3 nitrogen and oxygen atoms in total. The summed E-state index contributed by atoms with van der Waals surface area (Å²) in [5.74, 6) is 0.221. The van der Waals surface area contributed by atoms with Gasteiger partial charge in [0.15, 0.2) is 9.84 Å². The summed E-state index contributed by atoms with van der Waals surface area (Å²) < 4.78 is 23.7. The van der Waals surface area contributed by atoms with Crippen LogP contribution in [-0.2, 0) is 9.84 Å². The highest BCUT2D eigenvalue weighted by molar-refractivity contribution is 7.91. The van der Waals surface area contributed by atoms with Crippen LogP contribution in [0.5, 0.6) is 0 Å². The Bertz CT molecular complexity index is 366. The average molecular weight is 275 g/mol. The molecule has 0 heterocycles. The fourth-order valence-electron chi connectivity index (χ4n) is 1.34. The van der Waals surface area contributed by atoms with Gasteiger partial charge in [-0.15, -0.1) is 6.58 Å². The summed E-state index contributed by atoms with van der Waals surface area (Å²) in [4.78, 5) is 0. The summed E-state index contributed by atoms with van der Waals surface area (Å²) in [7, 11) is -2.97. The van der Waals surface area contributed by atoms with Crippen molar-refractivity contribution >= 4 is 9.84 Å². The lowest BCUT2D eigenvalue weighted by Crippen LogP contribution is -2.43. The Morgan fingerprint density at radius 2 is 1.72 bits per heavy atom. The number of hydrogen-bond acceptors (Lipinski definition) is 3. The highest BCUT2D eigenvalue weighted by Crippen LogP contribution is 2.24. The van der Waals surface area contributed by atoms with Crippen LogP contribution in [0.1, 0.15) is 48.0 Å². The lowest BCUT2D eigenvalue weighted by atomic mass is 9.87. The summed E-state index contributed by atoms with van der Waals surface area (Å²) in [6.07, 6.45) is 2.47. The van der Waals surface area contributed by atoms with E-state index in [-0.39, 0.29) is 22.0 Å². The van der Waals surface area contributed by atoms with E-state index in [1.54, 1.807) is 13.8 Å². The first-order valence-corrected chi connectivity index (χ1v) is 8.24. The molecule has 0 aliphatic carbocycles. The summed E-state index contributed by atoms with van der Waals surface area (Å²) in [5.41, 5.74) is -0.156. The van der Waals surface area contributed by atoms with E-state index in [0.717, 1.165) is 6.54 Å². The van der Waals surface area contributed by atoms with Crippen molar-refractivity contribution in [2.75, 3.05) is 12.3 Å². The van der Waals surface area contributed by atoms with E-state index in [1.165, 1.54) is 0 Å². The Balaban J connectivity index is 4.55. The molecule has 0 fully saturated rings. The van der Waals surface area contributed by atoms with Gasteiger partial charge >= 0.3 is 0 Å². The van der Waals surface area contributed by atoms with Crippen LogP contribution >= 0.6 is 0 Å². The largest absolute Gasteiger partial charge is 0.311 e. The lowest BCUT2D eigenvalue weighted by molar-refractivity contribution is 0.317. The van der Waals surface area contributed by atoms with Crippen molar-refractivity contribution in [1.29, 1.82) is 0 Å². The highest BCUT2D eigenvalue weighted by Gasteiger charge is 2.26. The van der Waals surface area contributed by atoms with Crippen LogP contribution in [-0.4, -0.2) is 31.5 Å². The van der Waals surface area contributed by atoms with Crippen molar-refractivity contribution in [2.45, 2.75) is 58.8 Å². The van der Waals surface area contributed by atoms with Gasteiger partial charge < -0.3 is 5.32 Å². The smallest absolute Gasteiger partial charge is 0.152 e. The molecule has 18 heavy (non-hydrogen) atoms. The third-order valence-corrected chi connectivity index (χ3v) is 5.40. The summed E-state index contributed by atoms with van der Waals surface area (Å²) in [6, 6.07) is 0. The summed E-state index contributed by atoms with van der Waals surface area (Å²) in [6.45, 7) is 16.4. The predicted octanol–water partition coefficient (Wildman–Crippen LogP) is 2.78. The van der Waals surface area contributed by atoms with Gasteiger partial charge in [0, 0.05) is 12.1 Å².